The fraction of sp³-hybridized carbons (Fsp3) is 0.389. The predicted molar refractivity (Wildman–Crippen MR) is 92.9 cm³/mol. The topological polar surface area (TPSA) is 23.6 Å². The van der Waals surface area contributed by atoms with Crippen LogP contribution < -0.4 is 0 Å². The van der Waals surface area contributed by atoms with Gasteiger partial charge in [0.15, 0.2) is 0 Å². The molecule has 0 aliphatic rings. The summed E-state index contributed by atoms with van der Waals surface area (Å²) in [5, 5.41) is 2.11. The van der Waals surface area contributed by atoms with E-state index in [2.05, 4.69) is 35.4 Å². The highest BCUT2D eigenvalue weighted by Crippen LogP contribution is 2.17. The molecule has 0 fully saturated rings. The molecule has 4 heteroatoms. The van der Waals surface area contributed by atoms with Crippen molar-refractivity contribution in [1.82, 2.24) is 9.80 Å². The number of rotatable bonds is 7. The van der Waals surface area contributed by atoms with Gasteiger partial charge in [-0.1, -0.05) is 30.3 Å². The van der Waals surface area contributed by atoms with E-state index >= 15 is 0 Å². The molecule has 0 saturated heterocycles. The maximum absolute atomic E-state index is 12.5. The van der Waals surface area contributed by atoms with Crippen molar-refractivity contribution in [1.29, 1.82) is 0 Å². The molecule has 2 aromatic rings. The fourth-order valence-corrected chi connectivity index (χ4v) is 3.36. The Morgan fingerprint density at radius 1 is 1.14 bits per heavy atom. The van der Waals surface area contributed by atoms with Crippen LogP contribution >= 0.6 is 11.3 Å². The molecule has 0 spiro atoms. The van der Waals surface area contributed by atoms with Crippen LogP contribution in [0, 0.1) is 6.92 Å². The van der Waals surface area contributed by atoms with E-state index in [4.69, 9.17) is 0 Å². The van der Waals surface area contributed by atoms with E-state index in [0.29, 0.717) is 13.1 Å². The third-order valence-electron chi connectivity index (χ3n) is 3.74. The van der Waals surface area contributed by atoms with Crippen LogP contribution in [0.2, 0.25) is 0 Å². The Kier molecular flexibility index (Phi) is 6.16. The zero-order valence-electron chi connectivity index (χ0n) is 13.6. The molecule has 22 heavy (non-hydrogen) atoms. The Bertz CT molecular complexity index is 594. The molecule has 1 aromatic carbocycles. The monoisotopic (exact) mass is 316 g/mol. The van der Waals surface area contributed by atoms with Gasteiger partial charge in [-0.25, -0.2) is 0 Å². The van der Waals surface area contributed by atoms with E-state index in [1.54, 1.807) is 11.3 Å². The van der Waals surface area contributed by atoms with Crippen LogP contribution in [0.4, 0.5) is 0 Å². The lowest BCUT2D eigenvalue weighted by Gasteiger charge is -2.24. The molecule has 1 aromatic heterocycles. The number of nitrogens with zero attached hydrogens (tertiary/aromatic N) is 2. The molecule has 2 rings (SSSR count). The summed E-state index contributed by atoms with van der Waals surface area (Å²) in [5.74, 6) is 0.183. The smallest absolute Gasteiger partial charge is 0.237 e. The van der Waals surface area contributed by atoms with E-state index in [1.807, 2.05) is 37.1 Å². The summed E-state index contributed by atoms with van der Waals surface area (Å²) in [6, 6.07) is 12.3. The summed E-state index contributed by atoms with van der Waals surface area (Å²) in [6.07, 6.45) is 0. The standard InChI is InChI=1S/C18H24N2OS/c1-4-20(12-16-8-6-5-7-9-16)18(21)14-19(3)13-17-15(2)10-11-22-17/h5-11H,4,12-14H2,1-3H3. The number of thiophene rings is 1. The SMILES string of the molecule is CCN(Cc1ccccc1)C(=O)CN(C)Cc1sccc1C. The van der Waals surface area contributed by atoms with Gasteiger partial charge in [-0.05, 0) is 43.5 Å². The lowest BCUT2D eigenvalue weighted by atomic mass is 10.2. The van der Waals surface area contributed by atoms with Gasteiger partial charge >= 0.3 is 0 Å². The number of hydrogen-bond acceptors (Lipinski definition) is 3. The van der Waals surface area contributed by atoms with Gasteiger partial charge in [0.1, 0.15) is 0 Å². The van der Waals surface area contributed by atoms with E-state index < -0.39 is 0 Å². The lowest BCUT2D eigenvalue weighted by Crippen LogP contribution is -2.38. The minimum atomic E-state index is 0.183. The molecule has 0 aliphatic heterocycles. The summed E-state index contributed by atoms with van der Waals surface area (Å²) >= 11 is 1.76. The largest absolute Gasteiger partial charge is 0.338 e. The van der Waals surface area contributed by atoms with Gasteiger partial charge in [0.25, 0.3) is 0 Å². The van der Waals surface area contributed by atoms with Crippen LogP contribution in [0.1, 0.15) is 22.9 Å². The Hall–Kier alpha value is -1.65. The second kappa shape index (κ2) is 8.11. The van der Waals surface area contributed by atoms with Crippen molar-refractivity contribution in [3.8, 4) is 0 Å². The summed E-state index contributed by atoms with van der Waals surface area (Å²) in [5.41, 5.74) is 2.48. The lowest BCUT2D eigenvalue weighted by molar-refractivity contribution is -0.132. The maximum Gasteiger partial charge on any atom is 0.237 e. The first kappa shape index (κ1) is 16.7. The highest BCUT2D eigenvalue weighted by molar-refractivity contribution is 7.10. The molecule has 1 amide bonds. The molecule has 3 nitrogen and oxygen atoms in total. The average molecular weight is 316 g/mol. The normalized spacial score (nSPS) is 10.9. The van der Waals surface area contributed by atoms with Gasteiger partial charge in [0.2, 0.25) is 5.91 Å². The number of hydrogen-bond donors (Lipinski definition) is 0. The summed E-state index contributed by atoms with van der Waals surface area (Å²) in [6.45, 7) is 6.86. The highest BCUT2D eigenvalue weighted by Gasteiger charge is 2.15. The Labute approximate surface area is 137 Å². The number of carbonyl (C=O) groups excluding carboxylic acids is 1. The zero-order chi connectivity index (χ0) is 15.9. The molecule has 0 radical (unpaired) electrons. The minimum Gasteiger partial charge on any atom is -0.338 e. The molecule has 0 bridgehead atoms. The summed E-state index contributed by atoms with van der Waals surface area (Å²) in [4.78, 5) is 17.8. The predicted octanol–water partition coefficient (Wildman–Crippen LogP) is 3.54. The van der Waals surface area contributed by atoms with Crippen molar-refractivity contribution < 1.29 is 4.79 Å². The second-order valence-corrected chi connectivity index (χ2v) is 6.59. The van der Waals surface area contributed by atoms with Gasteiger partial charge in [0, 0.05) is 24.5 Å². The number of benzene rings is 1. The fourth-order valence-electron chi connectivity index (χ4n) is 2.38. The Morgan fingerprint density at radius 2 is 1.86 bits per heavy atom. The van der Waals surface area contributed by atoms with Crippen molar-refractivity contribution in [2.24, 2.45) is 0 Å². The van der Waals surface area contributed by atoms with Gasteiger partial charge in [-0.2, -0.15) is 0 Å². The first-order chi connectivity index (χ1) is 10.6. The Morgan fingerprint density at radius 3 is 2.45 bits per heavy atom. The maximum atomic E-state index is 12.5. The minimum absolute atomic E-state index is 0.183. The van der Waals surface area contributed by atoms with Crippen LogP contribution in [0.5, 0.6) is 0 Å². The van der Waals surface area contributed by atoms with Crippen molar-refractivity contribution in [3.05, 3.63) is 57.8 Å². The first-order valence-corrected chi connectivity index (χ1v) is 8.51. The summed E-state index contributed by atoms with van der Waals surface area (Å²) < 4.78 is 0. The molecular formula is C18H24N2OS. The average Bonchev–Trinajstić information content (AvgIpc) is 2.90. The molecule has 1 heterocycles. The first-order valence-electron chi connectivity index (χ1n) is 7.63. The number of amides is 1. The highest BCUT2D eigenvalue weighted by atomic mass is 32.1. The number of likely N-dealkylation sites (N-methyl/N-ethyl adjacent to an activating group) is 2. The molecule has 0 N–H and O–H groups in total. The third kappa shape index (κ3) is 4.68. The van der Waals surface area contributed by atoms with Crippen LogP contribution in [0.25, 0.3) is 0 Å². The van der Waals surface area contributed by atoms with E-state index in [1.165, 1.54) is 16.0 Å². The molecule has 0 atom stereocenters. The van der Waals surface area contributed by atoms with Crippen LogP contribution in [-0.4, -0.2) is 35.8 Å². The van der Waals surface area contributed by atoms with E-state index in [9.17, 15) is 4.79 Å². The van der Waals surface area contributed by atoms with Gasteiger partial charge in [-0.15, -0.1) is 11.3 Å². The van der Waals surface area contributed by atoms with Crippen LogP contribution in [-0.2, 0) is 17.9 Å². The number of aryl methyl sites for hydroxylation is 1. The quantitative estimate of drug-likeness (QED) is 0.780. The van der Waals surface area contributed by atoms with E-state index in [-0.39, 0.29) is 5.91 Å². The number of carbonyl (C=O) groups is 1. The Balaban J connectivity index is 1.90. The molecule has 118 valence electrons. The second-order valence-electron chi connectivity index (χ2n) is 5.59. The van der Waals surface area contributed by atoms with Crippen molar-refractivity contribution in [2.45, 2.75) is 26.9 Å². The summed E-state index contributed by atoms with van der Waals surface area (Å²) in [7, 11) is 2.01. The third-order valence-corrected chi connectivity index (χ3v) is 4.75. The molecular weight excluding hydrogens is 292 g/mol. The van der Waals surface area contributed by atoms with Crippen molar-refractivity contribution in [2.75, 3.05) is 20.1 Å². The van der Waals surface area contributed by atoms with Gasteiger partial charge in [-0.3, -0.25) is 9.69 Å². The van der Waals surface area contributed by atoms with Crippen LogP contribution in [0.15, 0.2) is 41.8 Å². The van der Waals surface area contributed by atoms with E-state index in [0.717, 1.165) is 13.1 Å². The van der Waals surface area contributed by atoms with Crippen molar-refractivity contribution in [3.63, 3.8) is 0 Å². The van der Waals surface area contributed by atoms with Crippen molar-refractivity contribution >= 4 is 17.2 Å². The van der Waals surface area contributed by atoms with Gasteiger partial charge in [0.05, 0.1) is 6.54 Å². The van der Waals surface area contributed by atoms with Crippen LogP contribution in [0.3, 0.4) is 0 Å². The molecule has 0 aliphatic carbocycles. The molecule has 0 unspecified atom stereocenters. The zero-order valence-corrected chi connectivity index (χ0v) is 14.4. The molecule has 0 saturated carbocycles. The van der Waals surface area contributed by atoms with Gasteiger partial charge < -0.3 is 4.90 Å².